The minimum atomic E-state index is -1.96. The third kappa shape index (κ3) is 6.27. The molecule has 1 aliphatic carbocycles. The Morgan fingerprint density at radius 3 is 2.33 bits per heavy atom. The average Bonchev–Trinajstić information content (AvgIpc) is 3.25. The van der Waals surface area contributed by atoms with E-state index in [2.05, 4.69) is 25.5 Å². The molecule has 6 nitrogen and oxygen atoms in total. The number of aliphatic hydroxyl groups is 2. The van der Waals surface area contributed by atoms with Crippen LogP contribution in [0.4, 0.5) is 0 Å². The van der Waals surface area contributed by atoms with Crippen LogP contribution in [0.1, 0.15) is 78.6 Å². The first kappa shape index (κ1) is 26.1. The lowest BCUT2D eigenvalue weighted by molar-refractivity contribution is -0.160. The fourth-order valence-electron chi connectivity index (χ4n) is 4.25. The highest BCUT2D eigenvalue weighted by molar-refractivity contribution is 6.42. The minimum absolute atomic E-state index is 0.116. The molecule has 0 amide bonds. The number of hydrogen-bond acceptors (Lipinski definition) is 6. The first-order valence-electron chi connectivity index (χ1n) is 11.0. The van der Waals surface area contributed by atoms with Gasteiger partial charge in [-0.15, -0.1) is 0 Å². The molecule has 0 aromatic carbocycles. The largest absolute Gasteiger partial charge is 0.511 e. The zero-order chi connectivity index (χ0) is 22.8. The number of methoxy groups -OCH3 is 1. The molecule has 0 bridgehead atoms. The van der Waals surface area contributed by atoms with Crippen molar-refractivity contribution in [2.75, 3.05) is 13.7 Å². The summed E-state index contributed by atoms with van der Waals surface area (Å²) in [4.78, 5) is 38.8. The average molecular weight is 423 g/mol. The first-order chi connectivity index (χ1) is 14.2. The topological polar surface area (TPSA) is 101 Å². The standard InChI is InChI=1S/C24H38O6/c1-5-6-15-23(2,3)16-14-20(27)24(18-11-7-8-12-18,21(28)22(29)30-4)19(26)13-9-10-17-25/h9,13-14,18,25,27H,5-8,10-12,15-17H2,1-4H3/b13-9-,20-14+/t24-/m1/s1. The van der Waals surface area contributed by atoms with Crippen LogP contribution in [0, 0.1) is 16.7 Å². The van der Waals surface area contributed by atoms with Gasteiger partial charge in [0, 0.05) is 6.61 Å². The van der Waals surface area contributed by atoms with Gasteiger partial charge < -0.3 is 14.9 Å². The van der Waals surface area contributed by atoms with Crippen LogP contribution in [0.3, 0.4) is 0 Å². The van der Waals surface area contributed by atoms with E-state index in [1.165, 1.54) is 12.2 Å². The predicted octanol–water partition coefficient (Wildman–Crippen LogP) is 4.46. The second-order valence-corrected chi connectivity index (χ2v) is 8.95. The molecule has 1 atom stereocenters. The Labute approximate surface area is 180 Å². The number of hydrogen-bond donors (Lipinski definition) is 2. The van der Waals surface area contributed by atoms with Crippen LogP contribution >= 0.6 is 0 Å². The number of esters is 1. The van der Waals surface area contributed by atoms with E-state index in [0.717, 1.165) is 39.2 Å². The van der Waals surface area contributed by atoms with Crippen molar-refractivity contribution in [3.05, 3.63) is 24.0 Å². The Balaban J connectivity index is 3.47. The Morgan fingerprint density at radius 1 is 1.17 bits per heavy atom. The predicted molar refractivity (Wildman–Crippen MR) is 116 cm³/mol. The molecule has 0 heterocycles. The summed E-state index contributed by atoms with van der Waals surface area (Å²) in [6.45, 7) is 6.13. The van der Waals surface area contributed by atoms with Gasteiger partial charge in [-0.1, -0.05) is 52.5 Å². The van der Waals surface area contributed by atoms with E-state index in [0.29, 0.717) is 19.3 Å². The smallest absolute Gasteiger partial charge is 0.375 e. The van der Waals surface area contributed by atoms with Crippen molar-refractivity contribution in [3.63, 3.8) is 0 Å². The molecule has 0 radical (unpaired) electrons. The Kier molecular flexibility index (Phi) is 10.5. The maximum Gasteiger partial charge on any atom is 0.375 e. The van der Waals surface area contributed by atoms with Crippen molar-refractivity contribution < 1.29 is 29.3 Å². The van der Waals surface area contributed by atoms with E-state index in [1.54, 1.807) is 6.08 Å². The molecular formula is C24H38O6. The van der Waals surface area contributed by atoms with Gasteiger partial charge in [-0.3, -0.25) is 9.59 Å². The zero-order valence-corrected chi connectivity index (χ0v) is 18.9. The number of Topliss-reactive ketones (excluding diaryl/α,β-unsaturated/α-hetero) is 1. The molecule has 0 aliphatic heterocycles. The molecule has 2 N–H and O–H groups in total. The monoisotopic (exact) mass is 422 g/mol. The van der Waals surface area contributed by atoms with Gasteiger partial charge in [0.15, 0.2) is 11.2 Å². The van der Waals surface area contributed by atoms with E-state index in [-0.39, 0.29) is 24.2 Å². The second kappa shape index (κ2) is 12.0. The van der Waals surface area contributed by atoms with Gasteiger partial charge in [0.25, 0.3) is 5.78 Å². The van der Waals surface area contributed by atoms with Gasteiger partial charge in [-0.05, 0) is 55.6 Å². The molecular weight excluding hydrogens is 384 g/mol. The van der Waals surface area contributed by atoms with Crippen LogP contribution in [0.5, 0.6) is 0 Å². The minimum Gasteiger partial charge on any atom is -0.511 e. The van der Waals surface area contributed by atoms with Crippen molar-refractivity contribution in [2.45, 2.75) is 78.6 Å². The summed E-state index contributed by atoms with van der Waals surface area (Å²) >= 11 is 0. The summed E-state index contributed by atoms with van der Waals surface area (Å²) in [5, 5.41) is 20.2. The number of allylic oxidation sites excluding steroid dienone is 3. The highest BCUT2D eigenvalue weighted by atomic mass is 16.5. The SMILES string of the molecule is CCCCC(C)(C)C/C=C(/O)[C@@](C(=O)/C=C\CCO)(C(=O)C(=O)OC)C1CCCC1. The van der Waals surface area contributed by atoms with Crippen LogP contribution in [0.15, 0.2) is 24.0 Å². The summed E-state index contributed by atoms with van der Waals surface area (Å²) in [6.07, 6.45) is 10.8. The van der Waals surface area contributed by atoms with E-state index >= 15 is 0 Å². The maximum atomic E-state index is 13.3. The summed E-state index contributed by atoms with van der Waals surface area (Å²) in [6, 6.07) is 0. The molecule has 0 aromatic heterocycles. The fourth-order valence-corrected chi connectivity index (χ4v) is 4.25. The molecule has 30 heavy (non-hydrogen) atoms. The number of ketones is 2. The van der Waals surface area contributed by atoms with E-state index in [4.69, 9.17) is 5.11 Å². The molecule has 0 unspecified atom stereocenters. The fraction of sp³-hybridized carbons (Fsp3) is 0.708. The summed E-state index contributed by atoms with van der Waals surface area (Å²) in [5.74, 6) is -3.59. The number of carbonyl (C=O) groups is 3. The van der Waals surface area contributed by atoms with Crippen molar-refractivity contribution in [2.24, 2.45) is 16.7 Å². The second-order valence-electron chi connectivity index (χ2n) is 8.95. The third-order valence-corrected chi connectivity index (χ3v) is 6.11. The summed E-state index contributed by atoms with van der Waals surface area (Å²) in [7, 11) is 1.10. The number of rotatable bonds is 13. The number of ether oxygens (including phenoxy) is 1. The zero-order valence-electron chi connectivity index (χ0n) is 18.9. The van der Waals surface area contributed by atoms with Crippen molar-refractivity contribution >= 4 is 17.5 Å². The molecule has 6 heteroatoms. The quantitative estimate of drug-likeness (QED) is 0.149. The molecule has 1 rings (SSSR count). The van der Waals surface area contributed by atoms with Gasteiger partial charge in [0.2, 0.25) is 0 Å². The molecule has 0 aromatic rings. The van der Waals surface area contributed by atoms with E-state index in [9.17, 15) is 19.5 Å². The molecule has 1 fully saturated rings. The van der Waals surface area contributed by atoms with Crippen molar-refractivity contribution in [3.8, 4) is 0 Å². The Bertz CT molecular complexity index is 655. The normalized spacial score (nSPS) is 17.8. The number of aliphatic hydroxyl groups excluding tert-OH is 2. The van der Waals surface area contributed by atoms with Crippen LogP contribution < -0.4 is 0 Å². The van der Waals surface area contributed by atoms with Crippen LogP contribution in [-0.2, 0) is 19.1 Å². The number of carbonyl (C=O) groups excluding carboxylic acids is 3. The molecule has 1 aliphatic rings. The van der Waals surface area contributed by atoms with Gasteiger partial charge in [0.05, 0.1) is 7.11 Å². The molecule has 0 saturated heterocycles. The first-order valence-corrected chi connectivity index (χ1v) is 11.0. The molecule has 0 spiro atoms. The van der Waals surface area contributed by atoms with Crippen molar-refractivity contribution in [1.29, 1.82) is 0 Å². The van der Waals surface area contributed by atoms with Crippen LogP contribution in [0.25, 0.3) is 0 Å². The van der Waals surface area contributed by atoms with Gasteiger partial charge in [-0.2, -0.15) is 0 Å². The Morgan fingerprint density at radius 2 is 1.80 bits per heavy atom. The van der Waals surface area contributed by atoms with Crippen LogP contribution in [-0.4, -0.2) is 41.5 Å². The van der Waals surface area contributed by atoms with E-state index in [1.807, 2.05) is 0 Å². The van der Waals surface area contributed by atoms with Gasteiger partial charge in [-0.25, -0.2) is 4.79 Å². The lowest BCUT2D eigenvalue weighted by Gasteiger charge is -2.34. The lowest BCUT2D eigenvalue weighted by Crippen LogP contribution is -2.49. The van der Waals surface area contributed by atoms with Crippen molar-refractivity contribution in [1.82, 2.24) is 0 Å². The Hall–Kier alpha value is -1.95. The maximum absolute atomic E-state index is 13.3. The molecule has 1 saturated carbocycles. The van der Waals surface area contributed by atoms with Gasteiger partial charge >= 0.3 is 5.97 Å². The lowest BCUT2D eigenvalue weighted by atomic mass is 9.65. The van der Waals surface area contributed by atoms with Gasteiger partial charge in [0.1, 0.15) is 5.76 Å². The number of unbranched alkanes of at least 4 members (excludes halogenated alkanes) is 1. The van der Waals surface area contributed by atoms with Crippen LogP contribution in [0.2, 0.25) is 0 Å². The summed E-state index contributed by atoms with van der Waals surface area (Å²) in [5.41, 5.74) is -2.08. The summed E-state index contributed by atoms with van der Waals surface area (Å²) < 4.78 is 4.66. The third-order valence-electron chi connectivity index (χ3n) is 6.11. The highest BCUT2D eigenvalue weighted by Crippen LogP contribution is 2.47. The molecule has 170 valence electrons. The highest BCUT2D eigenvalue weighted by Gasteiger charge is 2.57. The van der Waals surface area contributed by atoms with E-state index < -0.39 is 28.9 Å².